The number of hydrogen-bond acceptors (Lipinski definition) is 4. The van der Waals surface area contributed by atoms with Crippen LogP contribution in [-0.4, -0.2) is 14.8 Å². The average Bonchev–Trinajstić information content (AvgIpc) is 2.79. The molecule has 6 heteroatoms. The van der Waals surface area contributed by atoms with Crippen LogP contribution in [-0.2, 0) is 6.54 Å². The summed E-state index contributed by atoms with van der Waals surface area (Å²) in [5.41, 5.74) is 0.848. The van der Waals surface area contributed by atoms with E-state index >= 15 is 0 Å². The van der Waals surface area contributed by atoms with Crippen LogP contribution in [0.25, 0.3) is 0 Å². The van der Waals surface area contributed by atoms with Crippen molar-refractivity contribution in [3.63, 3.8) is 0 Å². The Morgan fingerprint density at radius 2 is 2.21 bits per heavy atom. The predicted octanol–water partition coefficient (Wildman–Crippen LogP) is 2.34. The first kappa shape index (κ1) is 13.4. The van der Waals surface area contributed by atoms with Crippen molar-refractivity contribution in [1.29, 1.82) is 5.26 Å². The minimum atomic E-state index is -0.214. The van der Waals surface area contributed by atoms with Gasteiger partial charge in [0.2, 0.25) is 0 Å². The van der Waals surface area contributed by atoms with Gasteiger partial charge in [-0.2, -0.15) is 5.26 Å². The zero-order valence-corrected chi connectivity index (χ0v) is 11.4. The lowest BCUT2D eigenvalue weighted by Crippen LogP contribution is -2.16. The van der Waals surface area contributed by atoms with Gasteiger partial charge in [-0.1, -0.05) is 42.1 Å². The highest BCUT2D eigenvalue weighted by atomic mass is 32.2. The summed E-state index contributed by atoms with van der Waals surface area (Å²) in [5.74, 6) is 0. The standard InChI is InChI=1S/C13H14N4OS/c1-2-17-12(18)15-16-13(17)19-11(8-9-14)10-6-4-3-5-7-10/h3-7,11H,2,8H2,1H3,(H,15,18). The van der Waals surface area contributed by atoms with Crippen LogP contribution in [0, 0.1) is 11.3 Å². The molecule has 5 nitrogen and oxygen atoms in total. The molecule has 0 saturated heterocycles. The Bertz CT molecular complexity index is 626. The molecule has 1 unspecified atom stereocenters. The number of hydrogen-bond donors (Lipinski definition) is 1. The first-order chi connectivity index (χ1) is 9.26. The number of nitrogens with one attached hydrogen (secondary N) is 1. The Morgan fingerprint density at radius 1 is 1.47 bits per heavy atom. The number of H-pyrrole nitrogens is 1. The normalized spacial score (nSPS) is 12.0. The second-order valence-electron chi connectivity index (χ2n) is 3.94. The van der Waals surface area contributed by atoms with E-state index in [1.54, 1.807) is 4.57 Å². The van der Waals surface area contributed by atoms with Crippen molar-refractivity contribution in [2.45, 2.75) is 30.3 Å². The van der Waals surface area contributed by atoms with E-state index in [1.807, 2.05) is 37.3 Å². The molecule has 0 aliphatic carbocycles. The number of aromatic amines is 1. The summed E-state index contributed by atoms with van der Waals surface area (Å²) in [5, 5.41) is 16.0. The van der Waals surface area contributed by atoms with E-state index in [2.05, 4.69) is 16.3 Å². The predicted molar refractivity (Wildman–Crippen MR) is 73.8 cm³/mol. The third-order valence-corrected chi connectivity index (χ3v) is 3.98. The van der Waals surface area contributed by atoms with Gasteiger partial charge in [0.1, 0.15) is 0 Å². The molecule has 19 heavy (non-hydrogen) atoms. The van der Waals surface area contributed by atoms with Crippen LogP contribution in [0.3, 0.4) is 0 Å². The number of benzene rings is 1. The lowest BCUT2D eigenvalue weighted by atomic mass is 10.1. The van der Waals surface area contributed by atoms with E-state index in [9.17, 15) is 4.79 Å². The third-order valence-electron chi connectivity index (χ3n) is 2.74. The average molecular weight is 274 g/mol. The van der Waals surface area contributed by atoms with Crippen LogP contribution in [0.5, 0.6) is 0 Å². The van der Waals surface area contributed by atoms with Crippen LogP contribution in [0.1, 0.15) is 24.2 Å². The van der Waals surface area contributed by atoms with Crippen molar-refractivity contribution >= 4 is 11.8 Å². The minimum absolute atomic E-state index is 0.0216. The van der Waals surface area contributed by atoms with E-state index in [0.717, 1.165) is 5.56 Å². The Morgan fingerprint density at radius 3 is 2.84 bits per heavy atom. The molecule has 98 valence electrons. The van der Waals surface area contributed by atoms with Crippen molar-refractivity contribution in [3.05, 3.63) is 46.4 Å². The maximum atomic E-state index is 11.5. The molecule has 0 aliphatic rings. The second kappa shape index (κ2) is 6.25. The molecule has 0 bridgehead atoms. The summed E-state index contributed by atoms with van der Waals surface area (Å²) in [6.45, 7) is 2.45. The molecule has 0 radical (unpaired) electrons. The number of aromatic nitrogens is 3. The monoisotopic (exact) mass is 274 g/mol. The lowest BCUT2D eigenvalue weighted by Gasteiger charge is -2.13. The Balaban J connectivity index is 2.27. The summed E-state index contributed by atoms with van der Waals surface area (Å²) in [6, 6.07) is 12.0. The number of thioether (sulfide) groups is 1. The van der Waals surface area contributed by atoms with Crippen LogP contribution < -0.4 is 5.69 Å². The SMILES string of the molecule is CCn1c(SC(CC#N)c2ccccc2)n[nH]c1=O. The fourth-order valence-corrected chi connectivity index (χ4v) is 2.92. The summed E-state index contributed by atoms with van der Waals surface area (Å²) in [4.78, 5) is 11.5. The summed E-state index contributed by atoms with van der Waals surface area (Å²) in [6.07, 6.45) is 0.374. The highest BCUT2D eigenvalue weighted by Gasteiger charge is 2.17. The zero-order chi connectivity index (χ0) is 13.7. The van der Waals surface area contributed by atoms with Crippen LogP contribution in [0.2, 0.25) is 0 Å². The number of nitrogens with zero attached hydrogens (tertiary/aromatic N) is 3. The minimum Gasteiger partial charge on any atom is -0.270 e. The van der Waals surface area contributed by atoms with Gasteiger partial charge in [0.05, 0.1) is 17.7 Å². The Hall–Kier alpha value is -2.00. The van der Waals surface area contributed by atoms with Gasteiger partial charge in [-0.05, 0) is 12.5 Å². The molecule has 2 rings (SSSR count). The van der Waals surface area contributed by atoms with E-state index < -0.39 is 0 Å². The van der Waals surface area contributed by atoms with E-state index in [-0.39, 0.29) is 10.9 Å². The van der Waals surface area contributed by atoms with Crippen molar-refractivity contribution in [3.8, 4) is 6.07 Å². The van der Waals surface area contributed by atoms with Crippen molar-refractivity contribution in [1.82, 2.24) is 14.8 Å². The largest absolute Gasteiger partial charge is 0.343 e. The summed E-state index contributed by atoms with van der Waals surface area (Å²) in [7, 11) is 0. The zero-order valence-electron chi connectivity index (χ0n) is 10.5. The maximum absolute atomic E-state index is 11.5. The molecule has 1 aromatic heterocycles. The molecule has 1 aromatic carbocycles. The maximum Gasteiger partial charge on any atom is 0.343 e. The van der Waals surface area contributed by atoms with Crippen LogP contribution >= 0.6 is 11.8 Å². The van der Waals surface area contributed by atoms with Gasteiger partial charge in [-0.15, -0.1) is 5.10 Å². The van der Waals surface area contributed by atoms with Gasteiger partial charge in [0.25, 0.3) is 0 Å². The smallest absolute Gasteiger partial charge is 0.270 e. The summed E-state index contributed by atoms with van der Waals surface area (Å²) < 4.78 is 1.57. The first-order valence-electron chi connectivity index (χ1n) is 6.00. The third kappa shape index (κ3) is 3.06. The fraction of sp³-hybridized carbons (Fsp3) is 0.308. The van der Waals surface area contributed by atoms with E-state index in [0.29, 0.717) is 18.1 Å². The molecule has 0 amide bonds. The van der Waals surface area contributed by atoms with Gasteiger partial charge in [0.15, 0.2) is 5.16 Å². The molecule has 1 heterocycles. The van der Waals surface area contributed by atoms with Gasteiger partial charge in [0, 0.05) is 6.54 Å². The highest BCUT2D eigenvalue weighted by molar-refractivity contribution is 7.99. The molecule has 0 saturated carbocycles. The van der Waals surface area contributed by atoms with E-state index in [4.69, 9.17) is 5.26 Å². The van der Waals surface area contributed by atoms with Gasteiger partial charge in [-0.25, -0.2) is 9.89 Å². The quantitative estimate of drug-likeness (QED) is 0.849. The Kier molecular flexibility index (Phi) is 4.42. The van der Waals surface area contributed by atoms with Crippen LogP contribution in [0.4, 0.5) is 0 Å². The number of rotatable bonds is 5. The molecule has 0 aliphatic heterocycles. The molecule has 2 aromatic rings. The van der Waals surface area contributed by atoms with Crippen molar-refractivity contribution in [2.24, 2.45) is 0 Å². The van der Waals surface area contributed by atoms with Crippen molar-refractivity contribution < 1.29 is 0 Å². The van der Waals surface area contributed by atoms with Crippen LogP contribution in [0.15, 0.2) is 40.3 Å². The molecule has 1 atom stereocenters. The highest BCUT2D eigenvalue weighted by Crippen LogP contribution is 2.35. The molecular weight excluding hydrogens is 260 g/mol. The van der Waals surface area contributed by atoms with E-state index in [1.165, 1.54) is 11.8 Å². The summed E-state index contributed by atoms with van der Waals surface area (Å²) >= 11 is 1.44. The van der Waals surface area contributed by atoms with Gasteiger partial charge >= 0.3 is 5.69 Å². The number of nitriles is 1. The molecule has 0 fully saturated rings. The van der Waals surface area contributed by atoms with Crippen molar-refractivity contribution in [2.75, 3.05) is 0 Å². The molecule has 0 spiro atoms. The fourth-order valence-electron chi connectivity index (χ4n) is 1.78. The van der Waals surface area contributed by atoms with Gasteiger partial charge in [-0.3, -0.25) is 4.57 Å². The lowest BCUT2D eigenvalue weighted by molar-refractivity contribution is 0.658. The first-order valence-corrected chi connectivity index (χ1v) is 6.88. The molecular formula is C13H14N4OS. The topological polar surface area (TPSA) is 74.5 Å². The van der Waals surface area contributed by atoms with Gasteiger partial charge < -0.3 is 0 Å². The Labute approximate surface area is 115 Å². The second-order valence-corrected chi connectivity index (χ2v) is 5.10. The molecule has 1 N–H and O–H groups in total.